The molecule has 0 saturated carbocycles. The number of hydrogen-bond acceptors (Lipinski definition) is 4. The van der Waals surface area contributed by atoms with Crippen molar-refractivity contribution in [3.63, 3.8) is 0 Å². The third-order valence-electron chi connectivity index (χ3n) is 2.87. The summed E-state index contributed by atoms with van der Waals surface area (Å²) in [5, 5.41) is 9.80. The Morgan fingerprint density at radius 1 is 1.38 bits per heavy atom. The number of aryl methyl sites for hydroxylation is 2. The first kappa shape index (κ1) is 16.5. The fourth-order valence-electron chi connectivity index (χ4n) is 1.71. The number of rotatable bonds is 5. The first-order valence-corrected chi connectivity index (χ1v) is 9.25. The second-order valence-electron chi connectivity index (χ2n) is 4.56. The Kier molecular flexibility index (Phi) is 6.20. The van der Waals surface area contributed by atoms with Crippen LogP contribution in [0.15, 0.2) is 20.2 Å². The van der Waals surface area contributed by atoms with Crippen LogP contribution in [0.1, 0.15) is 28.1 Å². The number of nitrogens with zero attached hydrogens (tertiary/aromatic N) is 2. The third kappa shape index (κ3) is 5.09. The number of aromatic nitrogens is 1. The van der Waals surface area contributed by atoms with Crippen LogP contribution in [-0.2, 0) is 13.1 Å². The molecular formula is C14H19BrN4S2. The highest BCUT2D eigenvalue weighted by Gasteiger charge is 2.05. The van der Waals surface area contributed by atoms with Crippen LogP contribution in [0, 0.1) is 13.8 Å². The maximum absolute atomic E-state index is 4.60. The van der Waals surface area contributed by atoms with Crippen molar-refractivity contribution in [3.8, 4) is 0 Å². The van der Waals surface area contributed by atoms with Crippen LogP contribution < -0.4 is 10.6 Å². The number of nitrogens with one attached hydrogen (secondary N) is 2. The van der Waals surface area contributed by atoms with E-state index in [2.05, 4.69) is 61.8 Å². The number of halogens is 1. The first-order chi connectivity index (χ1) is 10.1. The van der Waals surface area contributed by atoms with Crippen LogP contribution in [0.4, 0.5) is 0 Å². The van der Waals surface area contributed by atoms with Gasteiger partial charge in [-0.15, -0.1) is 22.7 Å². The maximum Gasteiger partial charge on any atom is 0.191 e. The van der Waals surface area contributed by atoms with Crippen molar-refractivity contribution in [3.05, 3.63) is 36.4 Å². The average Bonchev–Trinajstić information content (AvgIpc) is 3.00. The number of aliphatic imine (C=N–C) groups is 1. The van der Waals surface area contributed by atoms with Gasteiger partial charge < -0.3 is 10.6 Å². The van der Waals surface area contributed by atoms with Crippen LogP contribution >= 0.6 is 38.6 Å². The number of guanidine groups is 1. The molecule has 0 bridgehead atoms. The summed E-state index contributed by atoms with van der Waals surface area (Å²) in [6.07, 6.45) is 0. The molecule has 4 nitrogen and oxygen atoms in total. The SMILES string of the molecule is CCNC(=NCc1csc(Br)c1)NCc1nc(C)c(C)s1. The Morgan fingerprint density at radius 2 is 2.19 bits per heavy atom. The van der Waals surface area contributed by atoms with Gasteiger partial charge in [-0.3, -0.25) is 0 Å². The van der Waals surface area contributed by atoms with E-state index in [1.807, 2.05) is 6.92 Å². The van der Waals surface area contributed by atoms with E-state index in [1.165, 1.54) is 10.4 Å². The molecule has 2 rings (SSSR count). The highest BCUT2D eigenvalue weighted by Crippen LogP contribution is 2.21. The van der Waals surface area contributed by atoms with Crippen LogP contribution in [0.3, 0.4) is 0 Å². The molecule has 0 spiro atoms. The highest BCUT2D eigenvalue weighted by molar-refractivity contribution is 9.11. The van der Waals surface area contributed by atoms with Gasteiger partial charge in [-0.1, -0.05) is 0 Å². The van der Waals surface area contributed by atoms with Gasteiger partial charge in [0.1, 0.15) is 5.01 Å². The van der Waals surface area contributed by atoms with E-state index in [9.17, 15) is 0 Å². The molecule has 114 valence electrons. The van der Waals surface area contributed by atoms with E-state index in [4.69, 9.17) is 0 Å². The molecule has 21 heavy (non-hydrogen) atoms. The van der Waals surface area contributed by atoms with Gasteiger partial charge in [0.15, 0.2) is 5.96 Å². The van der Waals surface area contributed by atoms with Gasteiger partial charge >= 0.3 is 0 Å². The van der Waals surface area contributed by atoms with Gasteiger partial charge in [0.05, 0.1) is 22.6 Å². The lowest BCUT2D eigenvalue weighted by molar-refractivity contribution is 0.810. The quantitative estimate of drug-likeness (QED) is 0.606. The summed E-state index contributed by atoms with van der Waals surface area (Å²) in [6, 6.07) is 2.10. The third-order valence-corrected chi connectivity index (χ3v) is 5.49. The predicted octanol–water partition coefficient (Wildman–Crippen LogP) is 3.84. The molecular weight excluding hydrogens is 368 g/mol. The van der Waals surface area contributed by atoms with Gasteiger partial charge in [0.2, 0.25) is 0 Å². The van der Waals surface area contributed by atoms with Crippen LogP contribution in [0.2, 0.25) is 0 Å². The zero-order valence-corrected chi connectivity index (χ0v) is 15.6. The Morgan fingerprint density at radius 3 is 2.76 bits per heavy atom. The minimum absolute atomic E-state index is 0.674. The van der Waals surface area contributed by atoms with Crippen molar-refractivity contribution in [1.82, 2.24) is 15.6 Å². The van der Waals surface area contributed by atoms with Crippen LogP contribution in [-0.4, -0.2) is 17.5 Å². The summed E-state index contributed by atoms with van der Waals surface area (Å²) in [5.74, 6) is 0.824. The van der Waals surface area contributed by atoms with E-state index in [0.717, 1.165) is 27.0 Å². The van der Waals surface area contributed by atoms with E-state index in [0.29, 0.717) is 13.1 Å². The second-order valence-corrected chi connectivity index (χ2v) is 8.14. The van der Waals surface area contributed by atoms with E-state index >= 15 is 0 Å². The fraction of sp³-hybridized carbons (Fsp3) is 0.429. The molecule has 0 saturated heterocycles. The van der Waals surface area contributed by atoms with Crippen LogP contribution in [0.5, 0.6) is 0 Å². The lowest BCUT2D eigenvalue weighted by atomic mass is 10.3. The van der Waals surface area contributed by atoms with E-state index in [-0.39, 0.29) is 0 Å². The molecule has 0 aliphatic carbocycles. The van der Waals surface area contributed by atoms with Crippen molar-refractivity contribution in [2.75, 3.05) is 6.54 Å². The Hall–Kier alpha value is -0.920. The molecule has 2 heterocycles. The fourth-order valence-corrected chi connectivity index (χ4v) is 3.79. The normalized spacial score (nSPS) is 11.7. The Balaban J connectivity index is 1.94. The van der Waals surface area contributed by atoms with Crippen molar-refractivity contribution in [1.29, 1.82) is 0 Å². The molecule has 2 N–H and O–H groups in total. The summed E-state index contributed by atoms with van der Waals surface area (Å²) in [5.41, 5.74) is 2.33. The zero-order valence-electron chi connectivity index (χ0n) is 12.4. The molecule has 7 heteroatoms. The van der Waals surface area contributed by atoms with Gasteiger partial charge in [0, 0.05) is 11.4 Å². The lowest BCUT2D eigenvalue weighted by Crippen LogP contribution is -2.36. The van der Waals surface area contributed by atoms with Gasteiger partial charge in [0.25, 0.3) is 0 Å². The number of thiophene rings is 1. The Bertz CT molecular complexity index is 599. The van der Waals surface area contributed by atoms with E-state index < -0.39 is 0 Å². The van der Waals surface area contributed by atoms with E-state index in [1.54, 1.807) is 22.7 Å². The molecule has 2 aromatic heterocycles. The van der Waals surface area contributed by atoms with Crippen molar-refractivity contribution in [2.24, 2.45) is 4.99 Å². The summed E-state index contributed by atoms with van der Waals surface area (Å²) in [6.45, 7) is 8.43. The summed E-state index contributed by atoms with van der Waals surface area (Å²) in [7, 11) is 0. The largest absolute Gasteiger partial charge is 0.357 e. The predicted molar refractivity (Wildman–Crippen MR) is 95.3 cm³/mol. The first-order valence-electron chi connectivity index (χ1n) is 6.76. The van der Waals surface area contributed by atoms with Gasteiger partial charge in [-0.05, 0) is 53.7 Å². The summed E-state index contributed by atoms with van der Waals surface area (Å²) < 4.78 is 1.14. The minimum atomic E-state index is 0.674. The molecule has 0 amide bonds. The molecule has 0 unspecified atom stereocenters. The van der Waals surface area contributed by atoms with Gasteiger partial charge in [-0.2, -0.15) is 0 Å². The summed E-state index contributed by atoms with van der Waals surface area (Å²) >= 11 is 6.89. The molecule has 0 fully saturated rings. The Labute approximate surface area is 141 Å². The molecule has 2 aromatic rings. The standard InChI is InChI=1S/C14H19BrN4S2/c1-4-16-14(17-6-11-5-12(15)20-8-11)18-7-13-19-9(2)10(3)21-13/h5,8H,4,6-7H2,1-3H3,(H2,16,17,18). The maximum atomic E-state index is 4.60. The number of hydrogen-bond donors (Lipinski definition) is 2. The van der Waals surface area contributed by atoms with Gasteiger partial charge in [-0.25, -0.2) is 9.98 Å². The highest BCUT2D eigenvalue weighted by atomic mass is 79.9. The molecule has 0 aliphatic rings. The summed E-state index contributed by atoms with van der Waals surface area (Å²) in [4.78, 5) is 10.4. The average molecular weight is 387 g/mol. The number of thiazole rings is 1. The lowest BCUT2D eigenvalue weighted by Gasteiger charge is -2.09. The molecule has 0 aliphatic heterocycles. The van der Waals surface area contributed by atoms with Crippen molar-refractivity contribution < 1.29 is 0 Å². The van der Waals surface area contributed by atoms with Crippen LogP contribution in [0.25, 0.3) is 0 Å². The minimum Gasteiger partial charge on any atom is -0.357 e. The topological polar surface area (TPSA) is 49.3 Å². The zero-order chi connectivity index (χ0) is 15.2. The molecule has 0 aromatic carbocycles. The second kappa shape index (κ2) is 7.91. The van der Waals surface area contributed by atoms with Crippen molar-refractivity contribution >= 4 is 44.6 Å². The molecule has 0 atom stereocenters. The molecule has 0 radical (unpaired) electrons. The van der Waals surface area contributed by atoms with Crippen molar-refractivity contribution in [2.45, 2.75) is 33.9 Å². The monoisotopic (exact) mass is 386 g/mol. The smallest absolute Gasteiger partial charge is 0.191 e.